The second-order valence-corrected chi connectivity index (χ2v) is 5.52. The highest BCUT2D eigenvalue weighted by Gasteiger charge is 2.12. The third kappa shape index (κ3) is 4.35. The molecule has 3 heteroatoms. The number of ether oxygens (including phenoxy) is 1. The first-order valence-electron chi connectivity index (χ1n) is 7.87. The summed E-state index contributed by atoms with van der Waals surface area (Å²) in [6.45, 7) is 6.18. The Morgan fingerprint density at radius 2 is 2.10 bits per heavy atom. The standard InChI is InChI=1S/C18H25NO2/c1-3-8-15-11-14(12-17(18(15)20)21-4-2)13-19-16-9-6-5-7-10-16/h3,11-13,16,20H,1,4-10H2,2H3. The molecule has 1 fully saturated rings. The summed E-state index contributed by atoms with van der Waals surface area (Å²) in [6, 6.07) is 4.27. The first-order chi connectivity index (χ1) is 10.2. The Hall–Kier alpha value is -1.77. The van der Waals surface area contributed by atoms with Crippen molar-refractivity contribution in [3.8, 4) is 11.5 Å². The molecule has 21 heavy (non-hydrogen) atoms. The van der Waals surface area contributed by atoms with Gasteiger partial charge in [-0.25, -0.2) is 0 Å². The van der Waals surface area contributed by atoms with Gasteiger partial charge in [0.2, 0.25) is 0 Å². The van der Waals surface area contributed by atoms with E-state index in [9.17, 15) is 5.11 Å². The number of phenolic OH excluding ortho intramolecular Hbond substituents is 1. The summed E-state index contributed by atoms with van der Waals surface area (Å²) in [5, 5.41) is 10.2. The second-order valence-electron chi connectivity index (χ2n) is 5.52. The van der Waals surface area contributed by atoms with E-state index in [1.54, 1.807) is 6.08 Å². The minimum absolute atomic E-state index is 0.214. The van der Waals surface area contributed by atoms with E-state index in [-0.39, 0.29) is 5.75 Å². The van der Waals surface area contributed by atoms with Crippen LogP contribution in [0.2, 0.25) is 0 Å². The molecule has 0 saturated heterocycles. The number of aliphatic imine (C=N–C) groups is 1. The van der Waals surface area contributed by atoms with E-state index in [0.29, 0.717) is 24.8 Å². The van der Waals surface area contributed by atoms with Crippen LogP contribution >= 0.6 is 0 Å². The smallest absolute Gasteiger partial charge is 0.161 e. The summed E-state index contributed by atoms with van der Waals surface area (Å²) in [7, 11) is 0. The fourth-order valence-corrected chi connectivity index (χ4v) is 2.76. The molecule has 0 atom stereocenters. The highest BCUT2D eigenvalue weighted by molar-refractivity contribution is 5.81. The predicted molar refractivity (Wildman–Crippen MR) is 87.6 cm³/mol. The number of benzene rings is 1. The van der Waals surface area contributed by atoms with Crippen LogP contribution in [0.5, 0.6) is 11.5 Å². The number of aromatic hydroxyl groups is 1. The van der Waals surface area contributed by atoms with Crippen molar-refractivity contribution in [2.24, 2.45) is 4.99 Å². The third-order valence-corrected chi connectivity index (χ3v) is 3.85. The van der Waals surface area contributed by atoms with Gasteiger partial charge in [0.25, 0.3) is 0 Å². The molecule has 0 amide bonds. The van der Waals surface area contributed by atoms with E-state index in [1.807, 2.05) is 25.3 Å². The van der Waals surface area contributed by atoms with E-state index >= 15 is 0 Å². The van der Waals surface area contributed by atoms with Gasteiger partial charge in [-0.3, -0.25) is 4.99 Å². The minimum Gasteiger partial charge on any atom is -0.504 e. The molecule has 114 valence electrons. The van der Waals surface area contributed by atoms with Crippen LogP contribution in [0.3, 0.4) is 0 Å². The van der Waals surface area contributed by atoms with Gasteiger partial charge in [-0.2, -0.15) is 0 Å². The highest BCUT2D eigenvalue weighted by atomic mass is 16.5. The van der Waals surface area contributed by atoms with E-state index in [1.165, 1.54) is 32.1 Å². The Morgan fingerprint density at radius 3 is 2.76 bits per heavy atom. The fraction of sp³-hybridized carbons (Fsp3) is 0.500. The molecule has 0 bridgehead atoms. The third-order valence-electron chi connectivity index (χ3n) is 3.85. The SMILES string of the molecule is C=CCc1cc(C=NC2CCCCC2)cc(OCC)c1O. The number of hydrogen-bond acceptors (Lipinski definition) is 3. The van der Waals surface area contributed by atoms with Crippen molar-refractivity contribution in [2.75, 3.05) is 6.61 Å². The predicted octanol–water partition coefficient (Wildman–Crippen LogP) is 4.27. The molecule has 1 aromatic rings. The highest BCUT2D eigenvalue weighted by Crippen LogP contribution is 2.32. The van der Waals surface area contributed by atoms with Crippen molar-refractivity contribution in [1.82, 2.24) is 0 Å². The fourth-order valence-electron chi connectivity index (χ4n) is 2.76. The Labute approximate surface area is 127 Å². The lowest BCUT2D eigenvalue weighted by Crippen LogP contribution is -2.09. The van der Waals surface area contributed by atoms with E-state index in [4.69, 9.17) is 9.73 Å². The Balaban J connectivity index is 2.20. The molecule has 1 saturated carbocycles. The zero-order valence-corrected chi connectivity index (χ0v) is 12.8. The van der Waals surface area contributed by atoms with E-state index in [2.05, 4.69) is 6.58 Å². The maximum absolute atomic E-state index is 10.2. The Kier molecular flexibility index (Phi) is 5.85. The van der Waals surface area contributed by atoms with Crippen molar-refractivity contribution < 1.29 is 9.84 Å². The maximum Gasteiger partial charge on any atom is 0.161 e. The molecule has 0 aromatic heterocycles. The largest absolute Gasteiger partial charge is 0.504 e. The molecule has 0 spiro atoms. The summed E-state index contributed by atoms with van der Waals surface area (Å²) >= 11 is 0. The molecule has 0 radical (unpaired) electrons. The summed E-state index contributed by atoms with van der Waals surface area (Å²) < 4.78 is 5.51. The minimum atomic E-state index is 0.214. The van der Waals surface area contributed by atoms with Crippen LogP contribution in [0.25, 0.3) is 0 Å². The lowest BCUT2D eigenvalue weighted by molar-refractivity contribution is 0.317. The molecule has 0 aliphatic heterocycles. The first kappa shape index (κ1) is 15.6. The lowest BCUT2D eigenvalue weighted by Gasteiger charge is -2.17. The molecule has 0 unspecified atom stereocenters. The average Bonchev–Trinajstić information content (AvgIpc) is 2.51. The van der Waals surface area contributed by atoms with Crippen molar-refractivity contribution in [3.63, 3.8) is 0 Å². The maximum atomic E-state index is 10.2. The van der Waals surface area contributed by atoms with Gasteiger partial charge in [-0.15, -0.1) is 6.58 Å². The van der Waals surface area contributed by atoms with Crippen LogP contribution in [0.1, 0.15) is 50.2 Å². The lowest BCUT2D eigenvalue weighted by atomic mass is 9.96. The van der Waals surface area contributed by atoms with Crippen molar-refractivity contribution >= 4 is 6.21 Å². The van der Waals surface area contributed by atoms with Crippen LogP contribution < -0.4 is 4.74 Å². The molecule has 3 nitrogen and oxygen atoms in total. The monoisotopic (exact) mass is 287 g/mol. The summed E-state index contributed by atoms with van der Waals surface area (Å²) in [5.74, 6) is 0.744. The van der Waals surface area contributed by atoms with Gasteiger partial charge in [-0.1, -0.05) is 25.3 Å². The number of hydrogen-bond donors (Lipinski definition) is 1. The van der Waals surface area contributed by atoms with Crippen LogP contribution in [-0.2, 0) is 6.42 Å². The molecule has 1 aliphatic carbocycles. The second kappa shape index (κ2) is 7.87. The zero-order valence-electron chi connectivity index (χ0n) is 12.8. The molecule has 0 heterocycles. The normalized spacial score (nSPS) is 16.2. The zero-order chi connectivity index (χ0) is 15.1. The molecule has 1 N–H and O–H groups in total. The molecule has 1 aliphatic rings. The van der Waals surface area contributed by atoms with Gasteiger partial charge in [0.15, 0.2) is 11.5 Å². The van der Waals surface area contributed by atoms with Gasteiger partial charge in [0, 0.05) is 17.8 Å². The van der Waals surface area contributed by atoms with Crippen LogP contribution in [0.15, 0.2) is 29.8 Å². The van der Waals surface area contributed by atoms with E-state index in [0.717, 1.165) is 11.1 Å². The number of rotatable bonds is 6. The Bertz CT molecular complexity index is 502. The van der Waals surface area contributed by atoms with Crippen molar-refractivity contribution in [3.05, 3.63) is 35.9 Å². The number of nitrogens with zero attached hydrogens (tertiary/aromatic N) is 1. The quantitative estimate of drug-likeness (QED) is 0.627. The first-order valence-corrected chi connectivity index (χ1v) is 7.87. The summed E-state index contributed by atoms with van der Waals surface area (Å²) in [4.78, 5) is 4.70. The summed E-state index contributed by atoms with van der Waals surface area (Å²) in [5.41, 5.74) is 1.82. The van der Waals surface area contributed by atoms with Gasteiger partial charge in [0.05, 0.1) is 6.61 Å². The van der Waals surface area contributed by atoms with E-state index < -0.39 is 0 Å². The van der Waals surface area contributed by atoms with Crippen molar-refractivity contribution in [2.45, 2.75) is 51.5 Å². The van der Waals surface area contributed by atoms with Gasteiger partial charge >= 0.3 is 0 Å². The molecular weight excluding hydrogens is 262 g/mol. The number of phenols is 1. The van der Waals surface area contributed by atoms with Gasteiger partial charge < -0.3 is 9.84 Å². The average molecular weight is 287 g/mol. The van der Waals surface area contributed by atoms with Gasteiger partial charge in [-0.05, 0) is 43.9 Å². The van der Waals surface area contributed by atoms with Gasteiger partial charge in [0.1, 0.15) is 0 Å². The molecular formula is C18H25NO2. The topological polar surface area (TPSA) is 41.8 Å². The van der Waals surface area contributed by atoms with Crippen LogP contribution in [0, 0.1) is 0 Å². The Morgan fingerprint density at radius 1 is 1.33 bits per heavy atom. The summed E-state index contributed by atoms with van der Waals surface area (Å²) in [6.07, 6.45) is 10.6. The van der Waals surface area contributed by atoms with Crippen LogP contribution in [0.4, 0.5) is 0 Å². The van der Waals surface area contributed by atoms with Crippen molar-refractivity contribution in [1.29, 1.82) is 0 Å². The molecule has 1 aromatic carbocycles. The van der Waals surface area contributed by atoms with Crippen LogP contribution in [-0.4, -0.2) is 24.0 Å². The number of allylic oxidation sites excluding steroid dienone is 1. The molecule has 2 rings (SSSR count).